The Morgan fingerprint density at radius 1 is 1.32 bits per heavy atom. The molecule has 0 saturated carbocycles. The summed E-state index contributed by atoms with van der Waals surface area (Å²) in [5.41, 5.74) is 2.18. The number of amides is 2. The maximum atomic E-state index is 13.0. The maximum Gasteiger partial charge on any atom is 0.327 e. The number of nitrogens with zero attached hydrogens (tertiary/aromatic N) is 2. The van der Waals surface area contributed by atoms with Gasteiger partial charge < -0.3 is 5.32 Å². The summed E-state index contributed by atoms with van der Waals surface area (Å²) in [6.07, 6.45) is 0. The molecule has 0 aliphatic carbocycles. The lowest BCUT2D eigenvalue weighted by Gasteiger charge is -2.17. The molecule has 3 rings (SSSR count). The molecule has 1 fully saturated rings. The second kappa shape index (κ2) is 7.45. The number of anilines is 1. The second-order valence-corrected chi connectivity index (χ2v) is 7.62. The van der Waals surface area contributed by atoms with Crippen LogP contribution in [0.2, 0.25) is 5.02 Å². The van der Waals surface area contributed by atoms with Gasteiger partial charge in [0.15, 0.2) is 5.17 Å². The van der Waals surface area contributed by atoms with Gasteiger partial charge in [0.05, 0.1) is 5.69 Å². The fourth-order valence-electron chi connectivity index (χ4n) is 2.36. The predicted molar refractivity (Wildman–Crippen MR) is 102 cm³/mol. The van der Waals surface area contributed by atoms with Crippen molar-refractivity contribution in [2.45, 2.75) is 19.1 Å². The van der Waals surface area contributed by atoms with Gasteiger partial charge in [-0.15, -0.1) is 0 Å². The van der Waals surface area contributed by atoms with Crippen LogP contribution in [0.3, 0.4) is 0 Å². The average Bonchev–Trinajstić information content (AvgIpc) is 2.94. The number of amidine groups is 1. The number of nitrogens with one attached hydrogen (secondary N) is 1. The number of rotatable bonds is 2. The van der Waals surface area contributed by atoms with E-state index in [9.17, 15) is 9.18 Å². The molecule has 4 nitrogen and oxygen atoms in total. The molecule has 1 atom stereocenters. The standard InChI is InChI=1S/C18H17ClFN3OS/c1-11-3-6-15(9-16(11)19)21-17(24)23-10-12(2)25-18(23)22-14-7-4-13(20)5-8-14/h3-9,12H,10H2,1-2H3,(H,21,24)/b22-18-. The lowest BCUT2D eigenvalue weighted by molar-refractivity contribution is 0.235. The van der Waals surface area contributed by atoms with Gasteiger partial charge in [-0.2, -0.15) is 0 Å². The van der Waals surface area contributed by atoms with E-state index in [2.05, 4.69) is 10.3 Å². The molecule has 25 heavy (non-hydrogen) atoms. The Bertz CT molecular complexity index is 826. The van der Waals surface area contributed by atoms with Crippen LogP contribution in [-0.2, 0) is 0 Å². The Morgan fingerprint density at radius 2 is 2.04 bits per heavy atom. The molecule has 1 saturated heterocycles. The van der Waals surface area contributed by atoms with Crippen molar-refractivity contribution in [1.29, 1.82) is 0 Å². The van der Waals surface area contributed by atoms with Crippen molar-refractivity contribution in [3.05, 3.63) is 58.9 Å². The first-order valence-corrected chi connectivity index (χ1v) is 9.04. The predicted octanol–water partition coefficient (Wildman–Crippen LogP) is 5.44. The summed E-state index contributed by atoms with van der Waals surface area (Å²) < 4.78 is 13.0. The van der Waals surface area contributed by atoms with E-state index < -0.39 is 0 Å². The molecule has 0 radical (unpaired) electrons. The summed E-state index contributed by atoms with van der Waals surface area (Å²) in [6, 6.07) is 11.0. The summed E-state index contributed by atoms with van der Waals surface area (Å²) >= 11 is 7.62. The molecule has 0 aromatic heterocycles. The molecule has 1 aliphatic heterocycles. The molecule has 2 amide bonds. The van der Waals surface area contributed by atoms with E-state index in [4.69, 9.17) is 11.6 Å². The minimum absolute atomic E-state index is 0.228. The lowest BCUT2D eigenvalue weighted by Crippen LogP contribution is -2.36. The van der Waals surface area contributed by atoms with Crippen LogP contribution < -0.4 is 5.32 Å². The molecule has 7 heteroatoms. The largest absolute Gasteiger partial charge is 0.327 e. The molecule has 1 aliphatic rings. The van der Waals surface area contributed by atoms with Gasteiger partial charge in [0, 0.05) is 22.5 Å². The third kappa shape index (κ3) is 4.32. The highest BCUT2D eigenvalue weighted by atomic mass is 35.5. The Morgan fingerprint density at radius 3 is 2.72 bits per heavy atom. The van der Waals surface area contributed by atoms with E-state index >= 15 is 0 Å². The van der Waals surface area contributed by atoms with E-state index in [0.29, 0.717) is 28.1 Å². The van der Waals surface area contributed by atoms with Gasteiger partial charge in [0.25, 0.3) is 0 Å². The smallest absolute Gasteiger partial charge is 0.307 e. The van der Waals surface area contributed by atoms with Gasteiger partial charge in [-0.1, -0.05) is 36.4 Å². The van der Waals surface area contributed by atoms with Crippen molar-refractivity contribution >= 4 is 45.9 Å². The summed E-state index contributed by atoms with van der Waals surface area (Å²) in [7, 11) is 0. The van der Waals surface area contributed by atoms with E-state index in [1.165, 1.54) is 23.9 Å². The second-order valence-electron chi connectivity index (χ2n) is 5.80. The highest BCUT2D eigenvalue weighted by Gasteiger charge is 2.31. The summed E-state index contributed by atoms with van der Waals surface area (Å²) in [4.78, 5) is 18.7. The van der Waals surface area contributed by atoms with Crippen LogP contribution in [0, 0.1) is 12.7 Å². The molecular formula is C18H17ClFN3OS. The normalized spacial score (nSPS) is 18.6. The Kier molecular flexibility index (Phi) is 5.30. The number of benzene rings is 2. The van der Waals surface area contributed by atoms with E-state index in [-0.39, 0.29) is 17.1 Å². The van der Waals surface area contributed by atoms with E-state index in [1.807, 2.05) is 26.0 Å². The van der Waals surface area contributed by atoms with Gasteiger partial charge in [-0.3, -0.25) is 4.90 Å². The molecular weight excluding hydrogens is 361 g/mol. The number of hydrogen-bond donors (Lipinski definition) is 1. The minimum atomic E-state index is -0.317. The molecule has 1 unspecified atom stereocenters. The van der Waals surface area contributed by atoms with Crippen molar-refractivity contribution < 1.29 is 9.18 Å². The van der Waals surface area contributed by atoms with Gasteiger partial charge >= 0.3 is 6.03 Å². The van der Waals surface area contributed by atoms with Crippen molar-refractivity contribution in [1.82, 2.24) is 4.90 Å². The van der Waals surface area contributed by atoms with Gasteiger partial charge in [0.1, 0.15) is 5.82 Å². The average molecular weight is 378 g/mol. The summed E-state index contributed by atoms with van der Waals surface area (Å²) in [5.74, 6) is -0.317. The number of aryl methyl sites for hydroxylation is 1. The van der Waals surface area contributed by atoms with Gasteiger partial charge in [-0.25, -0.2) is 14.2 Å². The molecule has 130 valence electrons. The van der Waals surface area contributed by atoms with Crippen molar-refractivity contribution in [2.75, 3.05) is 11.9 Å². The zero-order chi connectivity index (χ0) is 18.0. The zero-order valence-corrected chi connectivity index (χ0v) is 15.4. The first kappa shape index (κ1) is 17.8. The monoisotopic (exact) mass is 377 g/mol. The van der Waals surface area contributed by atoms with Crippen LogP contribution >= 0.6 is 23.4 Å². The number of halogens is 2. The van der Waals surface area contributed by atoms with E-state index in [0.717, 1.165) is 5.56 Å². The number of aliphatic imine (C=N–C) groups is 1. The molecule has 1 heterocycles. The fourth-order valence-corrected chi connectivity index (χ4v) is 3.57. The number of hydrogen-bond acceptors (Lipinski definition) is 3. The molecule has 1 N–H and O–H groups in total. The Balaban J connectivity index is 1.79. The number of carbonyl (C=O) groups is 1. The summed E-state index contributed by atoms with van der Waals surface area (Å²) in [6.45, 7) is 4.48. The molecule has 0 spiro atoms. The van der Waals surface area contributed by atoms with Crippen LogP contribution in [-0.4, -0.2) is 27.9 Å². The molecule has 0 bridgehead atoms. The maximum absolute atomic E-state index is 13.0. The zero-order valence-electron chi connectivity index (χ0n) is 13.8. The Hall–Kier alpha value is -2.05. The van der Waals surface area contributed by atoms with Crippen LogP contribution in [0.25, 0.3) is 0 Å². The van der Waals surface area contributed by atoms with Crippen LogP contribution in [0.4, 0.5) is 20.6 Å². The van der Waals surface area contributed by atoms with Crippen molar-refractivity contribution in [3.63, 3.8) is 0 Å². The van der Waals surface area contributed by atoms with Crippen LogP contribution in [0.15, 0.2) is 47.5 Å². The van der Waals surface area contributed by atoms with Crippen molar-refractivity contribution in [3.8, 4) is 0 Å². The molecule has 2 aromatic carbocycles. The Labute approximate surface area is 155 Å². The quantitative estimate of drug-likeness (QED) is 0.756. The van der Waals surface area contributed by atoms with Crippen molar-refractivity contribution in [2.24, 2.45) is 4.99 Å². The fraction of sp³-hybridized carbons (Fsp3) is 0.222. The lowest BCUT2D eigenvalue weighted by atomic mass is 10.2. The minimum Gasteiger partial charge on any atom is -0.307 e. The summed E-state index contributed by atoms with van der Waals surface area (Å²) in [5, 5.41) is 4.27. The van der Waals surface area contributed by atoms with Gasteiger partial charge in [-0.05, 0) is 48.9 Å². The number of thioether (sulfide) groups is 1. The number of carbonyl (C=O) groups excluding carboxylic acids is 1. The number of urea groups is 1. The van der Waals surface area contributed by atoms with Gasteiger partial charge in [0.2, 0.25) is 0 Å². The van der Waals surface area contributed by atoms with Crippen LogP contribution in [0.5, 0.6) is 0 Å². The third-order valence-corrected chi connectivity index (χ3v) is 5.18. The SMILES string of the molecule is Cc1ccc(NC(=O)N2CC(C)S/C2=N\c2ccc(F)cc2)cc1Cl. The topological polar surface area (TPSA) is 44.7 Å². The highest BCUT2D eigenvalue weighted by molar-refractivity contribution is 8.14. The first-order chi connectivity index (χ1) is 11.9. The first-order valence-electron chi connectivity index (χ1n) is 7.78. The van der Waals surface area contributed by atoms with E-state index in [1.54, 1.807) is 23.1 Å². The molecule has 2 aromatic rings. The van der Waals surface area contributed by atoms with Crippen LogP contribution in [0.1, 0.15) is 12.5 Å². The highest BCUT2D eigenvalue weighted by Crippen LogP contribution is 2.29. The third-order valence-electron chi connectivity index (χ3n) is 3.70.